The van der Waals surface area contributed by atoms with Crippen molar-refractivity contribution in [2.45, 2.75) is 31.8 Å². The molecular weight excluding hydrogens is 388 g/mol. The van der Waals surface area contributed by atoms with Crippen molar-refractivity contribution in [3.8, 4) is 0 Å². The summed E-state index contributed by atoms with van der Waals surface area (Å²) in [5, 5.41) is 0.565. The Balaban J connectivity index is 1.54. The Kier molecular flexibility index (Phi) is 4.33. The molecule has 5 atom stereocenters. The summed E-state index contributed by atoms with van der Waals surface area (Å²) in [5.41, 5.74) is 2.21. The van der Waals surface area contributed by atoms with E-state index in [2.05, 4.69) is 0 Å². The number of hydrogen-bond donors (Lipinski definition) is 1. The molecule has 0 aliphatic carbocycles. The Bertz CT molecular complexity index is 1000. The van der Waals surface area contributed by atoms with Crippen molar-refractivity contribution in [1.82, 2.24) is 0 Å². The lowest BCUT2D eigenvalue weighted by Gasteiger charge is -2.25. The summed E-state index contributed by atoms with van der Waals surface area (Å²) in [7, 11) is 0. The van der Waals surface area contributed by atoms with E-state index >= 15 is 0 Å². The van der Waals surface area contributed by atoms with Crippen LogP contribution in [-0.4, -0.2) is 36.2 Å². The van der Waals surface area contributed by atoms with E-state index in [4.69, 9.17) is 11.6 Å². The van der Waals surface area contributed by atoms with Gasteiger partial charge in [0.1, 0.15) is 17.9 Å². The highest BCUT2D eigenvalue weighted by atomic mass is 35.5. The highest BCUT2D eigenvalue weighted by molar-refractivity contribution is 6.30. The average molecular weight is 410 g/mol. The van der Waals surface area contributed by atoms with Crippen molar-refractivity contribution in [2.24, 2.45) is 11.8 Å². The Labute approximate surface area is 174 Å². The van der Waals surface area contributed by atoms with Crippen molar-refractivity contribution in [1.29, 1.82) is 0 Å². The minimum atomic E-state index is -0.590. The Morgan fingerprint density at radius 2 is 1.66 bits per heavy atom. The largest absolute Gasteiger partial charge is 0.322 e. The number of carbonyl (C=O) groups is 3. The first-order valence-electron chi connectivity index (χ1n) is 10.1. The molecule has 0 bridgehead atoms. The molecule has 3 heterocycles. The molecule has 148 valence electrons. The van der Waals surface area contributed by atoms with Gasteiger partial charge < -0.3 is 4.90 Å². The number of hydrogen-bond acceptors (Lipinski definition) is 3. The zero-order chi connectivity index (χ0) is 20.3. The first-order valence-corrected chi connectivity index (χ1v) is 10.4. The van der Waals surface area contributed by atoms with Gasteiger partial charge in [-0.3, -0.25) is 14.4 Å². The first kappa shape index (κ1) is 18.5. The second-order valence-corrected chi connectivity index (χ2v) is 8.76. The fourth-order valence-corrected chi connectivity index (χ4v) is 5.61. The third-order valence-corrected chi connectivity index (χ3v) is 7.00. The lowest BCUT2D eigenvalue weighted by Crippen LogP contribution is -3.16. The summed E-state index contributed by atoms with van der Waals surface area (Å²) in [6.07, 6.45) is 1.85. The third-order valence-electron chi connectivity index (χ3n) is 6.75. The number of aryl methyl sites for hydroxylation is 1. The molecule has 1 N–H and O–H groups in total. The number of quaternary nitrogens is 1. The van der Waals surface area contributed by atoms with Gasteiger partial charge in [-0.05, 0) is 43.3 Å². The van der Waals surface area contributed by atoms with E-state index in [1.54, 1.807) is 24.3 Å². The van der Waals surface area contributed by atoms with Gasteiger partial charge in [-0.25, -0.2) is 4.90 Å². The molecule has 0 aromatic heterocycles. The van der Waals surface area contributed by atoms with E-state index in [9.17, 15) is 14.4 Å². The quantitative estimate of drug-likeness (QED) is 0.623. The summed E-state index contributed by atoms with van der Waals surface area (Å²) >= 11 is 5.97. The van der Waals surface area contributed by atoms with Crippen molar-refractivity contribution in [3.63, 3.8) is 0 Å². The highest BCUT2D eigenvalue weighted by Crippen LogP contribution is 2.40. The standard InChI is InChI=1S/C23H21ClN2O3/c1-13-4-10-16(11-5-13)26-22(28)18-17-3-2-12-25(17)20(19(18)23(26)29)21(27)14-6-8-15(24)9-7-14/h4-11,17-20H,2-3,12H2,1H3/p+1/t17-,18+,19+,20-/m0/s1. The number of ketones is 1. The molecule has 0 saturated carbocycles. The van der Waals surface area contributed by atoms with Gasteiger partial charge in [-0.1, -0.05) is 29.3 Å². The van der Waals surface area contributed by atoms with Crippen LogP contribution in [0.4, 0.5) is 5.69 Å². The van der Waals surface area contributed by atoms with Crippen LogP contribution in [0.1, 0.15) is 28.8 Å². The predicted octanol–water partition coefficient (Wildman–Crippen LogP) is 2.07. The van der Waals surface area contributed by atoms with Crippen LogP contribution in [0.15, 0.2) is 48.5 Å². The van der Waals surface area contributed by atoms with Crippen LogP contribution < -0.4 is 9.80 Å². The monoisotopic (exact) mass is 409 g/mol. The van der Waals surface area contributed by atoms with Crippen LogP contribution in [0.5, 0.6) is 0 Å². The molecule has 2 aromatic rings. The van der Waals surface area contributed by atoms with Gasteiger partial charge >= 0.3 is 0 Å². The fraction of sp³-hybridized carbons (Fsp3) is 0.348. The first-order chi connectivity index (χ1) is 14.0. The maximum atomic E-state index is 13.4. The lowest BCUT2D eigenvalue weighted by molar-refractivity contribution is -0.915. The Morgan fingerprint density at radius 1 is 1.00 bits per heavy atom. The van der Waals surface area contributed by atoms with E-state index in [1.807, 2.05) is 31.2 Å². The average Bonchev–Trinajstić information content (AvgIpc) is 3.35. The second-order valence-electron chi connectivity index (χ2n) is 8.32. The lowest BCUT2D eigenvalue weighted by atomic mass is 9.85. The van der Waals surface area contributed by atoms with Gasteiger partial charge in [-0.15, -0.1) is 0 Å². The Morgan fingerprint density at radius 3 is 2.34 bits per heavy atom. The van der Waals surface area contributed by atoms with Gasteiger partial charge in [0, 0.05) is 23.4 Å². The van der Waals surface area contributed by atoms with E-state index in [-0.39, 0.29) is 23.6 Å². The van der Waals surface area contributed by atoms with Crippen LogP contribution in [-0.2, 0) is 9.59 Å². The topological polar surface area (TPSA) is 58.9 Å². The zero-order valence-corrected chi connectivity index (χ0v) is 16.9. The second kappa shape index (κ2) is 6.78. The van der Waals surface area contributed by atoms with Gasteiger partial charge in [0.25, 0.3) is 0 Å². The number of Topliss-reactive ketones (excluding diaryl/α,β-unsaturated/α-hetero) is 1. The minimum Gasteiger partial charge on any atom is -0.322 e. The molecule has 0 spiro atoms. The number of amides is 2. The molecule has 0 radical (unpaired) electrons. The maximum absolute atomic E-state index is 13.4. The van der Waals surface area contributed by atoms with Gasteiger partial charge in [0.05, 0.1) is 12.2 Å². The van der Waals surface area contributed by atoms with Crippen molar-refractivity contribution in [3.05, 3.63) is 64.7 Å². The molecular formula is C23H22ClN2O3+. The summed E-state index contributed by atoms with van der Waals surface area (Å²) in [5.74, 6) is -1.46. The molecule has 2 aromatic carbocycles. The number of rotatable bonds is 3. The van der Waals surface area contributed by atoms with Gasteiger partial charge in [0.2, 0.25) is 17.6 Å². The molecule has 2 amide bonds. The fourth-order valence-electron chi connectivity index (χ4n) is 5.48. The van der Waals surface area contributed by atoms with Crippen LogP contribution in [0.2, 0.25) is 5.02 Å². The number of nitrogens with one attached hydrogen (secondary N) is 1. The van der Waals surface area contributed by atoms with Crippen LogP contribution >= 0.6 is 11.6 Å². The molecule has 5 rings (SSSR count). The Hall–Kier alpha value is -2.50. The summed E-state index contributed by atoms with van der Waals surface area (Å²) in [4.78, 5) is 42.6. The molecule has 3 aliphatic rings. The molecule has 5 nitrogen and oxygen atoms in total. The number of nitrogens with zero attached hydrogens (tertiary/aromatic N) is 1. The van der Waals surface area contributed by atoms with E-state index in [0.717, 1.165) is 29.8 Å². The summed E-state index contributed by atoms with van der Waals surface area (Å²) in [6, 6.07) is 13.7. The minimum absolute atomic E-state index is 0.0353. The van der Waals surface area contributed by atoms with E-state index in [1.165, 1.54) is 4.90 Å². The molecule has 6 heteroatoms. The summed E-state index contributed by atoms with van der Waals surface area (Å²) in [6.45, 7) is 2.79. The summed E-state index contributed by atoms with van der Waals surface area (Å²) < 4.78 is 0. The van der Waals surface area contributed by atoms with E-state index < -0.39 is 17.9 Å². The van der Waals surface area contributed by atoms with Crippen LogP contribution in [0.3, 0.4) is 0 Å². The number of benzene rings is 2. The molecule has 3 fully saturated rings. The van der Waals surface area contributed by atoms with E-state index in [0.29, 0.717) is 16.3 Å². The predicted molar refractivity (Wildman–Crippen MR) is 109 cm³/mol. The smallest absolute Gasteiger partial charge is 0.244 e. The number of anilines is 1. The maximum Gasteiger partial charge on any atom is 0.244 e. The highest BCUT2D eigenvalue weighted by Gasteiger charge is 2.68. The number of carbonyl (C=O) groups excluding carboxylic acids is 3. The van der Waals surface area contributed by atoms with Gasteiger partial charge in [0.15, 0.2) is 6.04 Å². The molecule has 29 heavy (non-hydrogen) atoms. The zero-order valence-electron chi connectivity index (χ0n) is 16.1. The SMILES string of the molecule is Cc1ccc(N2C(=O)[C@@H]3[C@H](C2=O)[C@@H]2CCC[NH+]2[C@@H]3C(=O)c2ccc(Cl)cc2)cc1. The van der Waals surface area contributed by atoms with Crippen LogP contribution in [0, 0.1) is 18.8 Å². The third kappa shape index (κ3) is 2.75. The van der Waals surface area contributed by atoms with Crippen molar-refractivity contribution >= 4 is 34.9 Å². The van der Waals surface area contributed by atoms with Gasteiger partial charge in [-0.2, -0.15) is 0 Å². The number of imide groups is 1. The number of halogens is 1. The molecule has 3 aliphatic heterocycles. The molecule has 1 unspecified atom stereocenters. The van der Waals surface area contributed by atoms with Crippen molar-refractivity contribution < 1.29 is 19.3 Å². The molecule has 3 saturated heterocycles. The van der Waals surface area contributed by atoms with Crippen molar-refractivity contribution in [2.75, 3.05) is 11.4 Å². The number of fused-ring (bicyclic) bond motifs is 3. The normalized spacial score (nSPS) is 30.6. The van der Waals surface area contributed by atoms with Crippen LogP contribution in [0.25, 0.3) is 0 Å².